The molecule has 0 atom stereocenters. The lowest BCUT2D eigenvalue weighted by atomic mass is 10.2. The first kappa shape index (κ1) is 13.1. The molecule has 0 radical (unpaired) electrons. The van der Waals surface area contributed by atoms with Crippen LogP contribution in [0.3, 0.4) is 0 Å². The van der Waals surface area contributed by atoms with E-state index in [1.807, 2.05) is 12.1 Å². The summed E-state index contributed by atoms with van der Waals surface area (Å²) in [6.45, 7) is 6.23. The standard InChI is InChI=1S/C14H21NO4/c1(5-15-6-8-16-9-7-15)2-12-3-4-13(19-12)14-17-10-11-18-14/h3-4,14H,1-2,5-11H2. The molecule has 3 heterocycles. The minimum absolute atomic E-state index is 0.298. The Morgan fingerprint density at radius 1 is 1.05 bits per heavy atom. The average molecular weight is 267 g/mol. The van der Waals surface area contributed by atoms with Gasteiger partial charge in [-0.15, -0.1) is 0 Å². The molecular weight excluding hydrogens is 246 g/mol. The largest absolute Gasteiger partial charge is 0.461 e. The maximum absolute atomic E-state index is 5.76. The van der Waals surface area contributed by atoms with E-state index >= 15 is 0 Å². The van der Waals surface area contributed by atoms with Crippen molar-refractivity contribution in [2.24, 2.45) is 0 Å². The lowest BCUT2D eigenvalue weighted by Gasteiger charge is -2.26. The third-order valence-electron chi connectivity index (χ3n) is 3.54. The highest BCUT2D eigenvalue weighted by molar-refractivity contribution is 5.08. The Morgan fingerprint density at radius 2 is 1.84 bits per heavy atom. The van der Waals surface area contributed by atoms with Crippen molar-refractivity contribution in [3.05, 3.63) is 23.7 Å². The van der Waals surface area contributed by atoms with E-state index in [1.165, 1.54) is 0 Å². The molecule has 1 aromatic heterocycles. The molecule has 5 heteroatoms. The van der Waals surface area contributed by atoms with E-state index < -0.39 is 0 Å². The molecule has 106 valence electrons. The molecule has 0 unspecified atom stereocenters. The van der Waals surface area contributed by atoms with E-state index in [2.05, 4.69) is 4.90 Å². The number of hydrogen-bond donors (Lipinski definition) is 0. The highest BCUT2D eigenvalue weighted by Crippen LogP contribution is 2.25. The first-order valence-corrected chi connectivity index (χ1v) is 7.04. The maximum Gasteiger partial charge on any atom is 0.217 e. The molecule has 5 nitrogen and oxygen atoms in total. The smallest absolute Gasteiger partial charge is 0.217 e. The molecule has 1 aromatic rings. The van der Waals surface area contributed by atoms with Crippen LogP contribution in [0.1, 0.15) is 24.2 Å². The lowest BCUT2D eigenvalue weighted by Crippen LogP contribution is -2.36. The monoisotopic (exact) mass is 267 g/mol. The number of ether oxygens (including phenoxy) is 3. The van der Waals surface area contributed by atoms with Crippen molar-refractivity contribution in [2.45, 2.75) is 19.1 Å². The van der Waals surface area contributed by atoms with E-state index in [9.17, 15) is 0 Å². The Labute approximate surface area is 113 Å². The number of hydrogen-bond acceptors (Lipinski definition) is 5. The maximum atomic E-state index is 5.76. The average Bonchev–Trinajstić information content (AvgIpc) is 3.10. The molecule has 0 N–H and O–H groups in total. The highest BCUT2D eigenvalue weighted by atomic mass is 16.7. The van der Waals surface area contributed by atoms with Gasteiger partial charge < -0.3 is 18.6 Å². The van der Waals surface area contributed by atoms with E-state index in [0.717, 1.165) is 57.2 Å². The normalized spacial score (nSPS) is 22.1. The SMILES string of the molecule is c1cc(C2OCCO2)oc1CCCN1CCOCC1. The van der Waals surface area contributed by atoms with Crippen LogP contribution in [0.25, 0.3) is 0 Å². The molecule has 19 heavy (non-hydrogen) atoms. The molecule has 0 bridgehead atoms. The van der Waals surface area contributed by atoms with Crippen LogP contribution in [0.2, 0.25) is 0 Å². The molecule has 0 aliphatic carbocycles. The number of rotatable bonds is 5. The molecular formula is C14H21NO4. The summed E-state index contributed by atoms with van der Waals surface area (Å²) in [7, 11) is 0. The van der Waals surface area contributed by atoms with Gasteiger partial charge in [-0.05, 0) is 25.1 Å². The second-order valence-electron chi connectivity index (χ2n) is 4.94. The van der Waals surface area contributed by atoms with Gasteiger partial charge in [0.05, 0.1) is 26.4 Å². The summed E-state index contributed by atoms with van der Waals surface area (Å²) in [4.78, 5) is 2.44. The summed E-state index contributed by atoms with van der Waals surface area (Å²) in [5.74, 6) is 1.81. The van der Waals surface area contributed by atoms with Crippen molar-refractivity contribution in [3.63, 3.8) is 0 Å². The number of aryl methyl sites for hydroxylation is 1. The van der Waals surface area contributed by atoms with E-state index in [4.69, 9.17) is 18.6 Å². The van der Waals surface area contributed by atoms with Gasteiger partial charge in [0.15, 0.2) is 5.76 Å². The van der Waals surface area contributed by atoms with Crippen molar-refractivity contribution >= 4 is 0 Å². The van der Waals surface area contributed by atoms with Crippen molar-refractivity contribution in [1.82, 2.24) is 4.90 Å². The van der Waals surface area contributed by atoms with Crippen LogP contribution in [0, 0.1) is 0 Å². The Morgan fingerprint density at radius 3 is 2.63 bits per heavy atom. The van der Waals surface area contributed by atoms with Gasteiger partial charge in [-0.3, -0.25) is 4.90 Å². The summed E-state index contributed by atoms with van der Waals surface area (Å²) in [5.41, 5.74) is 0. The Bertz CT molecular complexity index is 381. The predicted molar refractivity (Wildman–Crippen MR) is 68.9 cm³/mol. The number of furan rings is 1. The van der Waals surface area contributed by atoms with Crippen LogP contribution < -0.4 is 0 Å². The minimum Gasteiger partial charge on any atom is -0.461 e. The lowest BCUT2D eigenvalue weighted by molar-refractivity contribution is -0.0594. The van der Waals surface area contributed by atoms with E-state index in [1.54, 1.807) is 0 Å². The minimum atomic E-state index is -0.298. The fraction of sp³-hybridized carbons (Fsp3) is 0.714. The van der Waals surface area contributed by atoms with Gasteiger partial charge in [0.1, 0.15) is 5.76 Å². The molecule has 2 fully saturated rings. The number of nitrogens with zero attached hydrogens (tertiary/aromatic N) is 1. The van der Waals surface area contributed by atoms with E-state index in [-0.39, 0.29) is 6.29 Å². The van der Waals surface area contributed by atoms with Gasteiger partial charge in [-0.25, -0.2) is 0 Å². The summed E-state index contributed by atoms with van der Waals surface area (Å²) >= 11 is 0. The van der Waals surface area contributed by atoms with Crippen LogP contribution in [0.15, 0.2) is 16.5 Å². The zero-order chi connectivity index (χ0) is 12.9. The molecule has 0 aromatic carbocycles. The summed E-state index contributed by atoms with van der Waals surface area (Å²) < 4.78 is 21.9. The van der Waals surface area contributed by atoms with Crippen LogP contribution in [-0.2, 0) is 20.6 Å². The van der Waals surface area contributed by atoms with Gasteiger partial charge >= 0.3 is 0 Å². The quantitative estimate of drug-likeness (QED) is 0.810. The van der Waals surface area contributed by atoms with Crippen molar-refractivity contribution in [2.75, 3.05) is 46.1 Å². The van der Waals surface area contributed by atoms with Gasteiger partial charge in [0.2, 0.25) is 6.29 Å². The highest BCUT2D eigenvalue weighted by Gasteiger charge is 2.21. The summed E-state index contributed by atoms with van der Waals surface area (Å²) in [6.07, 6.45) is 1.77. The zero-order valence-corrected chi connectivity index (χ0v) is 11.2. The van der Waals surface area contributed by atoms with Crippen LogP contribution in [0.5, 0.6) is 0 Å². The second kappa shape index (κ2) is 6.52. The zero-order valence-electron chi connectivity index (χ0n) is 11.2. The molecule has 3 rings (SSSR count). The van der Waals surface area contributed by atoms with Crippen LogP contribution in [0.4, 0.5) is 0 Å². The van der Waals surface area contributed by atoms with Crippen LogP contribution >= 0.6 is 0 Å². The molecule has 0 spiro atoms. The molecule has 0 amide bonds. The van der Waals surface area contributed by atoms with Crippen molar-refractivity contribution in [1.29, 1.82) is 0 Å². The molecule has 0 saturated carbocycles. The fourth-order valence-corrected chi connectivity index (χ4v) is 2.48. The molecule has 2 saturated heterocycles. The summed E-state index contributed by atoms with van der Waals surface area (Å²) in [5, 5.41) is 0. The van der Waals surface area contributed by atoms with Crippen molar-refractivity contribution < 1.29 is 18.6 Å². The number of morpholine rings is 1. The van der Waals surface area contributed by atoms with E-state index in [0.29, 0.717) is 13.2 Å². The first-order valence-electron chi connectivity index (χ1n) is 7.04. The first-order chi connectivity index (χ1) is 9.42. The third-order valence-corrected chi connectivity index (χ3v) is 3.54. The Balaban J connectivity index is 1.42. The van der Waals surface area contributed by atoms with Crippen LogP contribution in [-0.4, -0.2) is 51.0 Å². The topological polar surface area (TPSA) is 44.1 Å². The van der Waals surface area contributed by atoms with Gasteiger partial charge in [-0.2, -0.15) is 0 Å². The summed E-state index contributed by atoms with van der Waals surface area (Å²) in [6, 6.07) is 3.99. The molecule has 2 aliphatic heterocycles. The van der Waals surface area contributed by atoms with Gasteiger partial charge in [-0.1, -0.05) is 0 Å². The molecule has 2 aliphatic rings. The van der Waals surface area contributed by atoms with Gasteiger partial charge in [0, 0.05) is 19.5 Å². The second-order valence-corrected chi connectivity index (χ2v) is 4.94. The Hall–Kier alpha value is -0.880. The van der Waals surface area contributed by atoms with Crippen molar-refractivity contribution in [3.8, 4) is 0 Å². The fourth-order valence-electron chi connectivity index (χ4n) is 2.48. The third kappa shape index (κ3) is 3.57. The predicted octanol–water partition coefficient (Wildman–Crippen LogP) is 1.59. The van der Waals surface area contributed by atoms with Gasteiger partial charge in [0.25, 0.3) is 0 Å². The Kier molecular flexibility index (Phi) is 4.50.